The van der Waals surface area contributed by atoms with E-state index in [1.807, 2.05) is 36.9 Å². The Balaban J connectivity index is 2.16. The highest BCUT2D eigenvalue weighted by molar-refractivity contribution is 9.10. The summed E-state index contributed by atoms with van der Waals surface area (Å²) in [6, 6.07) is 5.77. The van der Waals surface area contributed by atoms with Gasteiger partial charge in [0.15, 0.2) is 0 Å². The summed E-state index contributed by atoms with van der Waals surface area (Å²) in [5.41, 5.74) is 2.98. The number of hydrogen-bond donors (Lipinski definition) is 1. The van der Waals surface area contributed by atoms with Gasteiger partial charge in [0.05, 0.1) is 33.1 Å². The van der Waals surface area contributed by atoms with E-state index >= 15 is 0 Å². The second-order valence-electron chi connectivity index (χ2n) is 3.95. The number of hydrogen-bond acceptors (Lipinski definition) is 2. The van der Waals surface area contributed by atoms with E-state index in [0.29, 0.717) is 11.6 Å². The van der Waals surface area contributed by atoms with E-state index in [1.54, 1.807) is 0 Å². The van der Waals surface area contributed by atoms with E-state index in [-0.39, 0.29) is 0 Å². The molecule has 0 radical (unpaired) electrons. The van der Waals surface area contributed by atoms with Crippen LogP contribution in [0.5, 0.6) is 0 Å². The molecule has 3 nitrogen and oxygen atoms in total. The lowest BCUT2D eigenvalue weighted by atomic mass is 10.3. The highest BCUT2D eigenvalue weighted by Gasteiger charge is 2.10. The molecule has 18 heavy (non-hydrogen) atoms. The van der Waals surface area contributed by atoms with Crippen molar-refractivity contribution in [1.82, 2.24) is 9.78 Å². The van der Waals surface area contributed by atoms with Crippen LogP contribution in [0, 0.1) is 6.92 Å². The van der Waals surface area contributed by atoms with Crippen LogP contribution in [-0.4, -0.2) is 9.78 Å². The maximum Gasteiger partial charge on any atom is 0.0739 e. The maximum atomic E-state index is 6.15. The fraction of sp³-hybridized carbons (Fsp3) is 0.250. The molecule has 0 unspecified atom stereocenters. The molecule has 0 fully saturated rings. The van der Waals surface area contributed by atoms with E-state index in [1.165, 1.54) is 0 Å². The van der Waals surface area contributed by atoms with Crippen LogP contribution in [-0.2, 0) is 13.6 Å². The number of nitrogens with one attached hydrogen (secondary N) is 1. The van der Waals surface area contributed by atoms with E-state index in [0.717, 1.165) is 26.0 Å². The number of halogens is 3. The fourth-order valence-corrected chi connectivity index (χ4v) is 2.90. The SMILES string of the molecule is Cc1nn(C)c(CNc2ccc(Br)cc2Cl)c1Br. The molecule has 0 saturated heterocycles. The molecular formula is C12H12Br2ClN3. The van der Waals surface area contributed by atoms with Gasteiger partial charge in [-0.25, -0.2) is 0 Å². The molecule has 0 spiro atoms. The third-order valence-electron chi connectivity index (χ3n) is 2.64. The zero-order chi connectivity index (χ0) is 13.3. The van der Waals surface area contributed by atoms with Crippen molar-refractivity contribution in [3.8, 4) is 0 Å². The lowest BCUT2D eigenvalue weighted by Gasteiger charge is -2.09. The average molecular weight is 394 g/mol. The van der Waals surface area contributed by atoms with Gasteiger partial charge in [0, 0.05) is 11.5 Å². The molecule has 6 heteroatoms. The minimum Gasteiger partial charge on any atom is -0.378 e. The summed E-state index contributed by atoms with van der Waals surface area (Å²) in [4.78, 5) is 0. The van der Waals surface area contributed by atoms with Crippen LogP contribution in [0.4, 0.5) is 5.69 Å². The van der Waals surface area contributed by atoms with Gasteiger partial charge < -0.3 is 5.32 Å². The summed E-state index contributed by atoms with van der Waals surface area (Å²) in [5, 5.41) is 8.35. The van der Waals surface area contributed by atoms with Gasteiger partial charge >= 0.3 is 0 Å². The Kier molecular flexibility index (Phi) is 4.35. The van der Waals surface area contributed by atoms with Crippen LogP contribution >= 0.6 is 43.5 Å². The minimum atomic E-state index is 0.666. The third-order valence-corrected chi connectivity index (χ3v) is 4.48. The van der Waals surface area contributed by atoms with E-state index < -0.39 is 0 Å². The van der Waals surface area contributed by atoms with Crippen molar-refractivity contribution in [2.45, 2.75) is 13.5 Å². The number of aromatic nitrogens is 2. The summed E-state index contributed by atoms with van der Waals surface area (Å²) >= 11 is 13.1. The zero-order valence-electron chi connectivity index (χ0n) is 9.97. The second-order valence-corrected chi connectivity index (χ2v) is 6.06. The molecule has 0 atom stereocenters. The number of nitrogens with zero attached hydrogens (tertiary/aromatic N) is 2. The van der Waals surface area contributed by atoms with Crippen LogP contribution < -0.4 is 5.32 Å². The Labute approximate surface area is 128 Å². The molecule has 1 heterocycles. The molecule has 0 aliphatic heterocycles. The molecule has 0 amide bonds. The minimum absolute atomic E-state index is 0.666. The monoisotopic (exact) mass is 391 g/mol. The van der Waals surface area contributed by atoms with Crippen molar-refractivity contribution in [3.05, 3.63) is 43.6 Å². The summed E-state index contributed by atoms with van der Waals surface area (Å²) in [6.07, 6.45) is 0. The molecule has 2 aromatic rings. The highest BCUT2D eigenvalue weighted by atomic mass is 79.9. The van der Waals surface area contributed by atoms with Crippen LogP contribution in [0.1, 0.15) is 11.4 Å². The molecule has 0 aliphatic carbocycles. The Hall–Kier alpha value is -0.520. The van der Waals surface area contributed by atoms with Gasteiger partial charge in [-0.3, -0.25) is 4.68 Å². The van der Waals surface area contributed by atoms with Crippen molar-refractivity contribution < 1.29 is 0 Å². The van der Waals surface area contributed by atoms with Gasteiger partial charge in [-0.1, -0.05) is 27.5 Å². The predicted molar refractivity (Wildman–Crippen MR) is 82.1 cm³/mol. The van der Waals surface area contributed by atoms with Crippen LogP contribution in [0.15, 0.2) is 27.1 Å². The Morgan fingerprint density at radius 2 is 2.11 bits per heavy atom. The van der Waals surface area contributed by atoms with Gasteiger partial charge in [-0.2, -0.15) is 5.10 Å². The van der Waals surface area contributed by atoms with Crippen molar-refractivity contribution in [2.75, 3.05) is 5.32 Å². The number of rotatable bonds is 3. The van der Waals surface area contributed by atoms with Crippen LogP contribution in [0.25, 0.3) is 0 Å². The molecule has 2 rings (SSSR count). The molecule has 0 bridgehead atoms. The first-order chi connectivity index (χ1) is 8.49. The molecule has 0 saturated carbocycles. The van der Waals surface area contributed by atoms with E-state index in [4.69, 9.17) is 11.6 Å². The largest absolute Gasteiger partial charge is 0.378 e. The second kappa shape index (κ2) is 5.63. The maximum absolute atomic E-state index is 6.15. The molecule has 1 aromatic carbocycles. The molecule has 1 N–H and O–H groups in total. The third kappa shape index (κ3) is 2.90. The zero-order valence-corrected chi connectivity index (χ0v) is 13.9. The molecular weight excluding hydrogens is 381 g/mol. The molecule has 0 aliphatic rings. The quantitative estimate of drug-likeness (QED) is 0.831. The summed E-state index contributed by atoms with van der Waals surface area (Å²) in [6.45, 7) is 2.64. The van der Waals surface area contributed by atoms with Crippen LogP contribution in [0.2, 0.25) is 5.02 Å². The van der Waals surface area contributed by atoms with Gasteiger partial charge in [-0.05, 0) is 41.1 Å². The topological polar surface area (TPSA) is 29.9 Å². The van der Waals surface area contributed by atoms with Crippen LogP contribution in [0.3, 0.4) is 0 Å². The van der Waals surface area contributed by atoms with Gasteiger partial charge in [-0.15, -0.1) is 0 Å². The predicted octanol–water partition coefficient (Wildman–Crippen LogP) is 4.52. The van der Waals surface area contributed by atoms with E-state index in [2.05, 4.69) is 42.3 Å². The smallest absolute Gasteiger partial charge is 0.0739 e. The van der Waals surface area contributed by atoms with Crippen molar-refractivity contribution in [3.63, 3.8) is 0 Å². The normalized spacial score (nSPS) is 10.7. The summed E-state index contributed by atoms with van der Waals surface area (Å²) in [5.74, 6) is 0. The van der Waals surface area contributed by atoms with Gasteiger partial charge in [0.2, 0.25) is 0 Å². The Bertz CT molecular complexity index is 581. The Morgan fingerprint density at radius 3 is 2.67 bits per heavy atom. The highest BCUT2D eigenvalue weighted by Crippen LogP contribution is 2.27. The van der Waals surface area contributed by atoms with Gasteiger partial charge in [0.1, 0.15) is 0 Å². The van der Waals surface area contributed by atoms with Gasteiger partial charge in [0.25, 0.3) is 0 Å². The first kappa shape index (κ1) is 13.9. The van der Waals surface area contributed by atoms with Crippen molar-refractivity contribution >= 4 is 49.1 Å². The summed E-state index contributed by atoms with van der Waals surface area (Å²) < 4.78 is 3.86. The average Bonchev–Trinajstić information content (AvgIpc) is 2.53. The summed E-state index contributed by atoms with van der Waals surface area (Å²) in [7, 11) is 1.93. The standard InChI is InChI=1S/C12H12Br2ClN3/c1-7-12(14)11(18(2)17-7)6-16-10-4-3-8(13)5-9(10)15/h3-5,16H,6H2,1-2H3. The molecule has 96 valence electrons. The number of benzene rings is 1. The lowest BCUT2D eigenvalue weighted by Crippen LogP contribution is -2.06. The fourth-order valence-electron chi connectivity index (χ4n) is 1.68. The first-order valence-electron chi connectivity index (χ1n) is 5.36. The first-order valence-corrected chi connectivity index (χ1v) is 7.32. The van der Waals surface area contributed by atoms with Crippen molar-refractivity contribution in [1.29, 1.82) is 0 Å². The number of anilines is 1. The molecule has 1 aromatic heterocycles. The Morgan fingerprint density at radius 1 is 1.39 bits per heavy atom. The number of aryl methyl sites for hydroxylation is 2. The lowest BCUT2D eigenvalue weighted by molar-refractivity contribution is 0.712. The van der Waals surface area contributed by atoms with E-state index in [9.17, 15) is 0 Å². The van der Waals surface area contributed by atoms with Crippen molar-refractivity contribution in [2.24, 2.45) is 7.05 Å².